The van der Waals surface area contributed by atoms with Crippen molar-refractivity contribution in [1.29, 1.82) is 0 Å². The predicted octanol–water partition coefficient (Wildman–Crippen LogP) is 3.71. The summed E-state index contributed by atoms with van der Waals surface area (Å²) in [5.41, 5.74) is 1.11. The molecule has 0 aliphatic carbocycles. The van der Waals surface area contributed by atoms with Gasteiger partial charge >= 0.3 is 0 Å². The normalized spacial score (nSPS) is 15.1. The van der Waals surface area contributed by atoms with Crippen LogP contribution in [-0.4, -0.2) is 47.8 Å². The number of rotatable bonds is 4. The van der Waals surface area contributed by atoms with Crippen molar-refractivity contribution in [3.63, 3.8) is 0 Å². The van der Waals surface area contributed by atoms with E-state index < -0.39 is 0 Å². The molecule has 4 nitrogen and oxygen atoms in total. The van der Waals surface area contributed by atoms with E-state index in [1.54, 1.807) is 0 Å². The highest BCUT2D eigenvalue weighted by atomic mass is 35.5. The Balaban J connectivity index is 1.51. The molecular weight excluding hydrogens is 356 g/mol. The Labute approximate surface area is 157 Å². The molecule has 0 saturated carbocycles. The molecule has 1 aliphatic rings. The Morgan fingerprint density at radius 1 is 1.00 bits per heavy atom. The third-order valence-electron chi connectivity index (χ3n) is 4.41. The smallest absolute Gasteiger partial charge is 0.263 e. The van der Waals surface area contributed by atoms with Gasteiger partial charge in [-0.3, -0.25) is 9.59 Å². The van der Waals surface area contributed by atoms with Crippen molar-refractivity contribution in [2.24, 2.45) is 0 Å². The van der Waals surface area contributed by atoms with E-state index in [-0.39, 0.29) is 11.8 Å². The number of aryl methyl sites for hydroxylation is 1. The van der Waals surface area contributed by atoms with Gasteiger partial charge in [-0.2, -0.15) is 0 Å². The van der Waals surface area contributed by atoms with Gasteiger partial charge in [-0.05, 0) is 42.0 Å². The van der Waals surface area contributed by atoms with Gasteiger partial charge < -0.3 is 9.80 Å². The molecule has 132 valence electrons. The second kappa shape index (κ2) is 8.50. The van der Waals surface area contributed by atoms with Crippen LogP contribution >= 0.6 is 22.9 Å². The zero-order valence-corrected chi connectivity index (χ0v) is 15.6. The van der Waals surface area contributed by atoms with Gasteiger partial charge in [0.1, 0.15) is 0 Å². The van der Waals surface area contributed by atoms with Crippen LogP contribution in [0.25, 0.3) is 0 Å². The first-order valence-corrected chi connectivity index (χ1v) is 9.74. The van der Waals surface area contributed by atoms with Crippen LogP contribution < -0.4 is 0 Å². The Hall–Kier alpha value is -1.85. The maximum atomic E-state index is 12.5. The second-order valence-corrected chi connectivity index (χ2v) is 7.51. The quantitative estimate of drug-likeness (QED) is 0.816. The van der Waals surface area contributed by atoms with Gasteiger partial charge in [0.15, 0.2) is 0 Å². The van der Waals surface area contributed by atoms with Gasteiger partial charge in [-0.15, -0.1) is 11.3 Å². The molecule has 1 fully saturated rings. The average molecular weight is 377 g/mol. The molecule has 2 aromatic rings. The number of halogens is 1. The van der Waals surface area contributed by atoms with Crippen molar-refractivity contribution in [2.45, 2.75) is 19.3 Å². The fourth-order valence-corrected chi connectivity index (χ4v) is 3.80. The molecular formula is C19H21ClN2O2S. The fraction of sp³-hybridized carbons (Fsp3) is 0.368. The number of carbonyl (C=O) groups is 2. The molecule has 3 rings (SSSR count). The summed E-state index contributed by atoms with van der Waals surface area (Å²) in [5.74, 6) is 0.228. The Morgan fingerprint density at radius 3 is 2.44 bits per heavy atom. The topological polar surface area (TPSA) is 40.6 Å². The van der Waals surface area contributed by atoms with Crippen molar-refractivity contribution in [3.05, 3.63) is 57.2 Å². The van der Waals surface area contributed by atoms with Crippen molar-refractivity contribution in [3.8, 4) is 0 Å². The van der Waals surface area contributed by atoms with E-state index in [4.69, 9.17) is 11.6 Å². The lowest BCUT2D eigenvalue weighted by Gasteiger charge is -2.22. The summed E-state index contributed by atoms with van der Waals surface area (Å²) < 4.78 is 0. The van der Waals surface area contributed by atoms with E-state index in [2.05, 4.69) is 0 Å². The molecule has 0 N–H and O–H groups in total. The summed E-state index contributed by atoms with van der Waals surface area (Å²) in [6, 6.07) is 11.4. The van der Waals surface area contributed by atoms with Crippen LogP contribution in [-0.2, 0) is 11.2 Å². The minimum Gasteiger partial charge on any atom is -0.341 e. The zero-order chi connectivity index (χ0) is 17.6. The third-order valence-corrected chi connectivity index (χ3v) is 5.52. The van der Waals surface area contributed by atoms with Crippen molar-refractivity contribution in [2.75, 3.05) is 26.2 Å². The van der Waals surface area contributed by atoms with Crippen molar-refractivity contribution < 1.29 is 9.59 Å². The summed E-state index contributed by atoms with van der Waals surface area (Å²) in [7, 11) is 0. The van der Waals surface area contributed by atoms with Gasteiger partial charge in [-0.1, -0.05) is 29.8 Å². The highest BCUT2D eigenvalue weighted by Gasteiger charge is 2.23. The first-order chi connectivity index (χ1) is 12.1. The van der Waals surface area contributed by atoms with E-state index >= 15 is 0 Å². The number of carbonyl (C=O) groups excluding carboxylic acids is 2. The van der Waals surface area contributed by atoms with Crippen LogP contribution in [0, 0.1) is 0 Å². The standard InChI is InChI=1S/C19H21ClN2O2S/c20-16-7-4-15(5-8-16)6-9-18(23)21-10-2-11-22(13-12-21)19(24)17-3-1-14-25-17/h1,3-5,7-8,14H,2,6,9-13H2. The van der Waals surface area contributed by atoms with Crippen molar-refractivity contribution >= 4 is 34.8 Å². The molecule has 6 heteroatoms. The van der Waals surface area contributed by atoms with E-state index in [0.717, 1.165) is 16.9 Å². The van der Waals surface area contributed by atoms with E-state index in [1.807, 2.05) is 51.6 Å². The van der Waals surface area contributed by atoms with Crippen LogP contribution in [0.15, 0.2) is 41.8 Å². The lowest BCUT2D eigenvalue weighted by molar-refractivity contribution is -0.131. The summed E-state index contributed by atoms with van der Waals surface area (Å²) >= 11 is 7.35. The molecule has 0 atom stereocenters. The molecule has 1 aromatic carbocycles. The van der Waals surface area contributed by atoms with E-state index in [1.165, 1.54) is 11.3 Å². The van der Waals surface area contributed by atoms with Gasteiger partial charge in [0, 0.05) is 37.6 Å². The summed E-state index contributed by atoms with van der Waals surface area (Å²) in [5, 5.41) is 2.62. The first kappa shape index (κ1) is 18.0. The van der Waals surface area contributed by atoms with Gasteiger partial charge in [0.05, 0.1) is 4.88 Å². The first-order valence-electron chi connectivity index (χ1n) is 8.48. The van der Waals surface area contributed by atoms with Crippen molar-refractivity contribution in [1.82, 2.24) is 9.80 Å². The maximum Gasteiger partial charge on any atom is 0.263 e. The molecule has 1 aliphatic heterocycles. The van der Waals surface area contributed by atoms with Crippen LogP contribution in [0.3, 0.4) is 0 Å². The molecule has 0 radical (unpaired) electrons. The maximum absolute atomic E-state index is 12.5. The number of hydrogen-bond acceptors (Lipinski definition) is 3. The second-order valence-electron chi connectivity index (χ2n) is 6.13. The molecule has 1 aromatic heterocycles. The Kier molecular flexibility index (Phi) is 6.10. The summed E-state index contributed by atoms with van der Waals surface area (Å²) in [4.78, 5) is 29.5. The Bertz CT molecular complexity index is 716. The lowest BCUT2D eigenvalue weighted by Crippen LogP contribution is -2.37. The van der Waals surface area contributed by atoms with Gasteiger partial charge in [0.2, 0.25) is 5.91 Å². The molecule has 0 spiro atoms. The highest BCUT2D eigenvalue weighted by Crippen LogP contribution is 2.15. The number of amides is 2. The summed E-state index contributed by atoms with van der Waals surface area (Å²) in [6.45, 7) is 2.63. The molecule has 0 bridgehead atoms. The third kappa shape index (κ3) is 4.83. The molecule has 25 heavy (non-hydrogen) atoms. The fourth-order valence-electron chi connectivity index (χ4n) is 2.99. The molecule has 0 unspecified atom stereocenters. The van der Waals surface area contributed by atoms with Crippen LogP contribution in [0.4, 0.5) is 0 Å². The number of hydrogen-bond donors (Lipinski definition) is 0. The number of benzene rings is 1. The van der Waals surface area contributed by atoms with Gasteiger partial charge in [0.25, 0.3) is 5.91 Å². The summed E-state index contributed by atoms with van der Waals surface area (Å²) in [6.07, 6.45) is 2.02. The molecule has 1 saturated heterocycles. The monoisotopic (exact) mass is 376 g/mol. The highest BCUT2D eigenvalue weighted by molar-refractivity contribution is 7.12. The lowest BCUT2D eigenvalue weighted by atomic mass is 10.1. The van der Waals surface area contributed by atoms with Crippen LogP contribution in [0.1, 0.15) is 28.1 Å². The number of nitrogens with zero attached hydrogens (tertiary/aromatic N) is 2. The number of thiophene rings is 1. The minimum atomic E-state index is 0.0745. The van der Waals surface area contributed by atoms with Crippen LogP contribution in [0.2, 0.25) is 5.02 Å². The SMILES string of the molecule is O=C(CCc1ccc(Cl)cc1)N1CCCN(C(=O)c2cccs2)CC1. The Morgan fingerprint density at radius 2 is 1.72 bits per heavy atom. The zero-order valence-electron chi connectivity index (χ0n) is 14.0. The molecule has 2 heterocycles. The van der Waals surface area contributed by atoms with E-state index in [9.17, 15) is 9.59 Å². The van der Waals surface area contributed by atoms with Crippen LogP contribution in [0.5, 0.6) is 0 Å². The van der Waals surface area contributed by atoms with E-state index in [0.29, 0.717) is 44.0 Å². The predicted molar refractivity (Wildman–Crippen MR) is 101 cm³/mol. The average Bonchev–Trinajstić information content (AvgIpc) is 3.05. The minimum absolute atomic E-state index is 0.0745. The largest absolute Gasteiger partial charge is 0.341 e. The molecule has 2 amide bonds. The van der Waals surface area contributed by atoms with Gasteiger partial charge in [-0.25, -0.2) is 0 Å².